The quantitative estimate of drug-likeness (QED) is 0.863. The van der Waals surface area contributed by atoms with Gasteiger partial charge in [-0.2, -0.15) is 0 Å². The minimum atomic E-state index is -0.820. The normalized spacial score (nSPS) is 17.9. The Morgan fingerprint density at radius 3 is 2.48 bits per heavy atom. The van der Waals surface area contributed by atoms with Crippen LogP contribution < -0.4 is 5.73 Å². The molecule has 1 saturated carbocycles. The second-order valence-electron chi connectivity index (χ2n) is 6.54. The van der Waals surface area contributed by atoms with Gasteiger partial charge in [0.25, 0.3) is 0 Å². The molecule has 2 nitrogen and oxygen atoms in total. The first-order chi connectivity index (χ1) is 9.99. The SMILES string of the molecule is CC(C)CN(CC(N)c1cccc(F)c1F)C1CCCC1. The second-order valence-corrected chi connectivity index (χ2v) is 6.54. The number of nitrogens with zero attached hydrogens (tertiary/aromatic N) is 1. The molecule has 0 radical (unpaired) electrons. The second kappa shape index (κ2) is 7.32. The summed E-state index contributed by atoms with van der Waals surface area (Å²) in [6.45, 7) is 5.89. The number of rotatable bonds is 6. The Morgan fingerprint density at radius 1 is 1.19 bits per heavy atom. The van der Waals surface area contributed by atoms with Crippen molar-refractivity contribution in [3.63, 3.8) is 0 Å². The summed E-state index contributed by atoms with van der Waals surface area (Å²) in [7, 11) is 0. The molecule has 1 aliphatic rings. The van der Waals surface area contributed by atoms with Gasteiger partial charge in [0.15, 0.2) is 11.6 Å². The minimum absolute atomic E-state index is 0.279. The third kappa shape index (κ3) is 4.24. The Labute approximate surface area is 126 Å². The predicted octanol–water partition coefficient (Wildman–Crippen LogP) is 3.87. The van der Waals surface area contributed by atoms with Crippen molar-refractivity contribution in [1.82, 2.24) is 4.90 Å². The highest BCUT2D eigenvalue weighted by molar-refractivity contribution is 5.22. The van der Waals surface area contributed by atoms with Gasteiger partial charge in [-0.25, -0.2) is 8.78 Å². The molecule has 4 heteroatoms. The molecule has 118 valence electrons. The molecule has 1 unspecified atom stereocenters. The highest BCUT2D eigenvalue weighted by Gasteiger charge is 2.26. The van der Waals surface area contributed by atoms with Gasteiger partial charge in [0.2, 0.25) is 0 Å². The van der Waals surface area contributed by atoms with Crippen LogP contribution in [0.5, 0.6) is 0 Å². The maximum Gasteiger partial charge on any atom is 0.163 e. The minimum Gasteiger partial charge on any atom is -0.323 e. The molecule has 0 aromatic heterocycles. The van der Waals surface area contributed by atoms with Crippen LogP contribution in [0.3, 0.4) is 0 Å². The van der Waals surface area contributed by atoms with Gasteiger partial charge in [-0.05, 0) is 24.8 Å². The fraction of sp³-hybridized carbons (Fsp3) is 0.647. The summed E-state index contributed by atoms with van der Waals surface area (Å²) < 4.78 is 27.2. The lowest BCUT2D eigenvalue weighted by atomic mass is 10.0. The van der Waals surface area contributed by atoms with Crippen LogP contribution in [0.25, 0.3) is 0 Å². The maximum absolute atomic E-state index is 13.9. The highest BCUT2D eigenvalue weighted by atomic mass is 19.2. The van der Waals surface area contributed by atoms with Crippen LogP contribution >= 0.6 is 0 Å². The fourth-order valence-electron chi connectivity index (χ4n) is 3.27. The molecule has 0 aliphatic heterocycles. The summed E-state index contributed by atoms with van der Waals surface area (Å²) in [4.78, 5) is 2.37. The fourth-order valence-corrected chi connectivity index (χ4v) is 3.27. The third-order valence-corrected chi connectivity index (χ3v) is 4.25. The molecule has 1 fully saturated rings. The summed E-state index contributed by atoms with van der Waals surface area (Å²) >= 11 is 0. The van der Waals surface area contributed by atoms with Crippen molar-refractivity contribution in [2.24, 2.45) is 11.7 Å². The van der Waals surface area contributed by atoms with Crippen LogP contribution in [-0.4, -0.2) is 24.0 Å². The van der Waals surface area contributed by atoms with Crippen molar-refractivity contribution < 1.29 is 8.78 Å². The van der Waals surface area contributed by atoms with Crippen LogP contribution in [0.4, 0.5) is 8.78 Å². The Hall–Kier alpha value is -1.00. The molecule has 2 N–H and O–H groups in total. The molecule has 0 saturated heterocycles. The monoisotopic (exact) mass is 296 g/mol. The summed E-state index contributed by atoms with van der Waals surface area (Å²) in [6.07, 6.45) is 4.88. The average molecular weight is 296 g/mol. The number of hydrogen-bond donors (Lipinski definition) is 1. The molecule has 0 amide bonds. The molecular formula is C17H26F2N2. The van der Waals surface area contributed by atoms with E-state index in [4.69, 9.17) is 5.73 Å². The molecule has 1 atom stereocenters. The molecule has 2 rings (SSSR count). The average Bonchev–Trinajstić information content (AvgIpc) is 2.94. The van der Waals surface area contributed by atoms with E-state index in [9.17, 15) is 8.78 Å². The van der Waals surface area contributed by atoms with E-state index < -0.39 is 17.7 Å². The number of hydrogen-bond acceptors (Lipinski definition) is 2. The third-order valence-electron chi connectivity index (χ3n) is 4.25. The molecule has 1 aromatic carbocycles. The summed E-state index contributed by atoms with van der Waals surface area (Å²) in [5.74, 6) is -1.09. The van der Waals surface area contributed by atoms with Gasteiger partial charge >= 0.3 is 0 Å². The Bertz CT molecular complexity index is 456. The van der Waals surface area contributed by atoms with Gasteiger partial charge in [0.1, 0.15) is 0 Å². The molecule has 1 aliphatic carbocycles. The number of halogens is 2. The first kappa shape index (κ1) is 16.4. The van der Waals surface area contributed by atoms with E-state index in [2.05, 4.69) is 18.7 Å². The lowest BCUT2D eigenvalue weighted by molar-refractivity contribution is 0.166. The lowest BCUT2D eigenvalue weighted by Gasteiger charge is -2.32. The zero-order chi connectivity index (χ0) is 15.4. The first-order valence-electron chi connectivity index (χ1n) is 7.92. The van der Waals surface area contributed by atoms with Gasteiger partial charge in [-0.1, -0.05) is 38.8 Å². The van der Waals surface area contributed by atoms with Gasteiger partial charge in [0.05, 0.1) is 0 Å². The van der Waals surface area contributed by atoms with Crippen LogP contribution in [-0.2, 0) is 0 Å². The number of nitrogens with two attached hydrogens (primary N) is 1. The Kier molecular flexibility index (Phi) is 5.71. The van der Waals surface area contributed by atoms with Crippen LogP contribution in [0.15, 0.2) is 18.2 Å². The van der Waals surface area contributed by atoms with Crippen LogP contribution in [0.1, 0.15) is 51.1 Å². The van der Waals surface area contributed by atoms with Crippen molar-refractivity contribution >= 4 is 0 Å². The molecule has 0 bridgehead atoms. The molecular weight excluding hydrogens is 270 g/mol. The molecule has 1 aromatic rings. The van der Waals surface area contributed by atoms with Gasteiger partial charge in [-0.3, -0.25) is 4.90 Å². The van der Waals surface area contributed by atoms with Crippen LogP contribution in [0.2, 0.25) is 0 Å². The standard InChI is InChI=1S/C17H26F2N2/c1-12(2)10-21(13-6-3-4-7-13)11-16(20)14-8-5-9-15(18)17(14)19/h5,8-9,12-13,16H,3-4,6-7,10-11,20H2,1-2H3. The van der Waals surface area contributed by atoms with E-state index in [1.165, 1.54) is 31.7 Å². The summed E-state index contributed by atoms with van der Waals surface area (Å²) in [6, 6.07) is 4.30. The van der Waals surface area contributed by atoms with Crippen LogP contribution in [0, 0.1) is 17.6 Å². The summed E-state index contributed by atoms with van der Waals surface area (Å²) in [5, 5.41) is 0. The maximum atomic E-state index is 13.9. The lowest BCUT2D eigenvalue weighted by Crippen LogP contribution is -2.41. The molecule has 21 heavy (non-hydrogen) atoms. The topological polar surface area (TPSA) is 29.3 Å². The zero-order valence-corrected chi connectivity index (χ0v) is 13.0. The predicted molar refractivity (Wildman–Crippen MR) is 82.0 cm³/mol. The van der Waals surface area contributed by atoms with Gasteiger partial charge in [-0.15, -0.1) is 0 Å². The first-order valence-corrected chi connectivity index (χ1v) is 7.92. The van der Waals surface area contributed by atoms with E-state index in [-0.39, 0.29) is 5.56 Å². The smallest absolute Gasteiger partial charge is 0.163 e. The Morgan fingerprint density at radius 2 is 1.86 bits per heavy atom. The van der Waals surface area contributed by atoms with Crippen molar-refractivity contribution in [1.29, 1.82) is 0 Å². The van der Waals surface area contributed by atoms with Crippen molar-refractivity contribution in [3.8, 4) is 0 Å². The van der Waals surface area contributed by atoms with Crippen molar-refractivity contribution in [3.05, 3.63) is 35.4 Å². The molecule has 0 spiro atoms. The van der Waals surface area contributed by atoms with Crippen molar-refractivity contribution in [2.45, 2.75) is 51.6 Å². The number of benzene rings is 1. The van der Waals surface area contributed by atoms with Gasteiger partial charge < -0.3 is 5.73 Å². The highest BCUT2D eigenvalue weighted by Crippen LogP contribution is 2.27. The van der Waals surface area contributed by atoms with E-state index >= 15 is 0 Å². The van der Waals surface area contributed by atoms with Gasteiger partial charge in [0, 0.05) is 30.7 Å². The largest absolute Gasteiger partial charge is 0.323 e. The van der Waals surface area contributed by atoms with Crippen molar-refractivity contribution in [2.75, 3.05) is 13.1 Å². The molecule has 0 heterocycles. The summed E-state index contributed by atoms with van der Waals surface area (Å²) in [5.41, 5.74) is 6.44. The van der Waals surface area contributed by atoms with E-state index in [0.717, 1.165) is 12.6 Å². The van der Waals surface area contributed by atoms with E-state index in [0.29, 0.717) is 18.5 Å². The Balaban J connectivity index is 2.09. The zero-order valence-electron chi connectivity index (χ0n) is 13.0. The van der Waals surface area contributed by atoms with E-state index in [1.807, 2.05) is 0 Å². The van der Waals surface area contributed by atoms with E-state index in [1.54, 1.807) is 6.07 Å².